The van der Waals surface area contributed by atoms with E-state index >= 15 is 0 Å². The molecule has 0 aliphatic carbocycles. The third-order valence-corrected chi connectivity index (χ3v) is 2.65. The lowest BCUT2D eigenvalue weighted by Crippen LogP contribution is -2.16. The SMILES string of the molecule is Cc1cc(NC(=O)c2cccc(C(N)=O)c2)n(C)n1. The van der Waals surface area contributed by atoms with Crippen LogP contribution in [0.3, 0.4) is 0 Å². The fourth-order valence-corrected chi connectivity index (χ4v) is 1.73. The first-order chi connectivity index (χ1) is 8.97. The standard InChI is InChI=1S/C13H14N4O2/c1-8-6-11(17(2)16-8)15-13(19)10-5-3-4-9(7-10)12(14)18/h3-7H,1-2H3,(H2,14,18)(H,15,19). The smallest absolute Gasteiger partial charge is 0.256 e. The number of carbonyl (C=O) groups is 2. The van der Waals surface area contributed by atoms with Crippen molar-refractivity contribution in [1.82, 2.24) is 9.78 Å². The Morgan fingerprint density at radius 2 is 1.95 bits per heavy atom. The van der Waals surface area contributed by atoms with Crippen molar-refractivity contribution in [2.24, 2.45) is 12.8 Å². The maximum Gasteiger partial charge on any atom is 0.256 e. The zero-order chi connectivity index (χ0) is 14.0. The summed E-state index contributed by atoms with van der Waals surface area (Å²) in [5.41, 5.74) is 6.66. The number of aromatic nitrogens is 2. The number of anilines is 1. The van der Waals surface area contributed by atoms with Gasteiger partial charge in [-0.05, 0) is 25.1 Å². The maximum atomic E-state index is 12.0. The van der Waals surface area contributed by atoms with Gasteiger partial charge in [-0.25, -0.2) is 0 Å². The molecule has 2 aromatic rings. The van der Waals surface area contributed by atoms with Crippen molar-refractivity contribution in [1.29, 1.82) is 0 Å². The number of nitrogens with one attached hydrogen (secondary N) is 1. The van der Waals surface area contributed by atoms with Crippen molar-refractivity contribution in [2.75, 3.05) is 5.32 Å². The summed E-state index contributed by atoms with van der Waals surface area (Å²) in [6, 6.07) is 8.01. The number of nitrogens with zero attached hydrogens (tertiary/aromatic N) is 2. The maximum absolute atomic E-state index is 12.0. The second-order valence-corrected chi connectivity index (χ2v) is 4.19. The van der Waals surface area contributed by atoms with Gasteiger partial charge < -0.3 is 11.1 Å². The Balaban J connectivity index is 2.23. The van der Waals surface area contributed by atoms with Crippen LogP contribution < -0.4 is 11.1 Å². The first-order valence-electron chi connectivity index (χ1n) is 5.69. The lowest BCUT2D eigenvalue weighted by atomic mass is 10.1. The second-order valence-electron chi connectivity index (χ2n) is 4.19. The van der Waals surface area contributed by atoms with Gasteiger partial charge >= 0.3 is 0 Å². The van der Waals surface area contributed by atoms with Gasteiger partial charge in [0.15, 0.2) is 0 Å². The molecule has 19 heavy (non-hydrogen) atoms. The van der Waals surface area contributed by atoms with Crippen LogP contribution in [0.2, 0.25) is 0 Å². The molecule has 0 aliphatic rings. The number of carbonyl (C=O) groups excluding carboxylic acids is 2. The van der Waals surface area contributed by atoms with Crippen molar-refractivity contribution >= 4 is 17.6 Å². The molecule has 0 unspecified atom stereocenters. The molecule has 6 heteroatoms. The van der Waals surface area contributed by atoms with E-state index in [1.807, 2.05) is 6.92 Å². The molecule has 0 radical (unpaired) electrons. The molecule has 1 aromatic heterocycles. The quantitative estimate of drug-likeness (QED) is 0.863. The van der Waals surface area contributed by atoms with E-state index in [0.29, 0.717) is 16.9 Å². The Kier molecular flexibility index (Phi) is 3.33. The zero-order valence-electron chi connectivity index (χ0n) is 10.7. The van der Waals surface area contributed by atoms with Gasteiger partial charge in [0, 0.05) is 24.2 Å². The largest absolute Gasteiger partial charge is 0.366 e. The Hall–Kier alpha value is -2.63. The highest BCUT2D eigenvalue weighted by molar-refractivity contribution is 6.05. The third kappa shape index (κ3) is 2.79. The van der Waals surface area contributed by atoms with Crippen LogP contribution in [-0.4, -0.2) is 21.6 Å². The predicted octanol–water partition coefficient (Wildman–Crippen LogP) is 1.08. The molecular weight excluding hydrogens is 244 g/mol. The van der Waals surface area contributed by atoms with Crippen LogP contribution in [0.1, 0.15) is 26.4 Å². The predicted molar refractivity (Wildman–Crippen MR) is 70.9 cm³/mol. The summed E-state index contributed by atoms with van der Waals surface area (Å²) in [5, 5.41) is 6.85. The Labute approximate surface area is 110 Å². The highest BCUT2D eigenvalue weighted by Gasteiger charge is 2.11. The summed E-state index contributed by atoms with van der Waals surface area (Å²) in [6.07, 6.45) is 0. The van der Waals surface area contributed by atoms with Crippen LogP contribution >= 0.6 is 0 Å². The summed E-state index contributed by atoms with van der Waals surface area (Å²) in [4.78, 5) is 23.1. The highest BCUT2D eigenvalue weighted by atomic mass is 16.2. The molecule has 3 N–H and O–H groups in total. The normalized spacial score (nSPS) is 10.2. The van der Waals surface area contributed by atoms with Gasteiger partial charge in [-0.1, -0.05) is 6.07 Å². The van der Waals surface area contributed by atoms with Gasteiger partial charge in [0.25, 0.3) is 5.91 Å². The molecule has 0 bridgehead atoms. The number of amides is 2. The van der Waals surface area contributed by atoms with Crippen LogP contribution in [-0.2, 0) is 7.05 Å². The van der Waals surface area contributed by atoms with E-state index in [1.165, 1.54) is 6.07 Å². The van der Waals surface area contributed by atoms with Crippen molar-refractivity contribution in [2.45, 2.75) is 6.92 Å². The van der Waals surface area contributed by atoms with Gasteiger partial charge in [-0.15, -0.1) is 0 Å². The van der Waals surface area contributed by atoms with E-state index in [4.69, 9.17) is 5.73 Å². The molecular formula is C13H14N4O2. The summed E-state index contributed by atoms with van der Waals surface area (Å²) >= 11 is 0. The minimum Gasteiger partial charge on any atom is -0.366 e. The van der Waals surface area contributed by atoms with Crippen molar-refractivity contribution < 1.29 is 9.59 Å². The minimum atomic E-state index is -0.564. The molecule has 0 spiro atoms. The molecule has 0 atom stereocenters. The van der Waals surface area contributed by atoms with Gasteiger partial charge in [0.05, 0.1) is 5.69 Å². The monoisotopic (exact) mass is 258 g/mol. The lowest BCUT2D eigenvalue weighted by molar-refractivity contribution is 0.1000. The average Bonchev–Trinajstić information content (AvgIpc) is 2.68. The number of primary amides is 1. The van der Waals surface area contributed by atoms with E-state index in [-0.39, 0.29) is 5.91 Å². The molecule has 98 valence electrons. The molecule has 1 heterocycles. The molecule has 2 amide bonds. The molecule has 0 saturated carbocycles. The van der Waals surface area contributed by atoms with E-state index in [2.05, 4.69) is 10.4 Å². The fraction of sp³-hybridized carbons (Fsp3) is 0.154. The highest BCUT2D eigenvalue weighted by Crippen LogP contribution is 2.11. The summed E-state index contributed by atoms with van der Waals surface area (Å²) in [7, 11) is 1.74. The van der Waals surface area contributed by atoms with E-state index < -0.39 is 5.91 Å². The molecule has 2 rings (SSSR count). The van der Waals surface area contributed by atoms with E-state index in [1.54, 1.807) is 36.0 Å². The van der Waals surface area contributed by atoms with Gasteiger partial charge in [-0.3, -0.25) is 14.3 Å². The van der Waals surface area contributed by atoms with Crippen molar-refractivity contribution in [3.05, 3.63) is 47.2 Å². The van der Waals surface area contributed by atoms with Gasteiger partial charge in [0.1, 0.15) is 5.82 Å². The fourth-order valence-electron chi connectivity index (χ4n) is 1.73. The van der Waals surface area contributed by atoms with Crippen LogP contribution in [0.25, 0.3) is 0 Å². The second kappa shape index (κ2) is 4.93. The number of nitrogens with two attached hydrogens (primary N) is 1. The summed E-state index contributed by atoms with van der Waals surface area (Å²) in [6.45, 7) is 1.84. The first kappa shape index (κ1) is 12.8. The average molecular weight is 258 g/mol. The van der Waals surface area contributed by atoms with Crippen molar-refractivity contribution in [3.63, 3.8) is 0 Å². The van der Waals surface area contributed by atoms with Crippen molar-refractivity contribution in [3.8, 4) is 0 Å². The van der Waals surface area contributed by atoms with Crippen LogP contribution in [0.5, 0.6) is 0 Å². The lowest BCUT2D eigenvalue weighted by Gasteiger charge is -2.05. The molecule has 0 saturated heterocycles. The van der Waals surface area contributed by atoms with E-state index in [9.17, 15) is 9.59 Å². The molecule has 0 fully saturated rings. The molecule has 6 nitrogen and oxygen atoms in total. The first-order valence-corrected chi connectivity index (χ1v) is 5.69. The summed E-state index contributed by atoms with van der Waals surface area (Å²) < 4.78 is 1.57. The Morgan fingerprint density at radius 1 is 1.26 bits per heavy atom. The van der Waals surface area contributed by atoms with Gasteiger partial charge in [0.2, 0.25) is 5.91 Å². The number of benzene rings is 1. The number of rotatable bonds is 3. The van der Waals surface area contributed by atoms with Crippen LogP contribution in [0.15, 0.2) is 30.3 Å². The Bertz CT molecular complexity index is 646. The number of hydrogen-bond acceptors (Lipinski definition) is 3. The van der Waals surface area contributed by atoms with Crippen LogP contribution in [0, 0.1) is 6.92 Å². The third-order valence-electron chi connectivity index (χ3n) is 2.65. The van der Waals surface area contributed by atoms with Gasteiger partial charge in [-0.2, -0.15) is 5.10 Å². The van der Waals surface area contributed by atoms with Crippen LogP contribution in [0.4, 0.5) is 5.82 Å². The number of hydrogen-bond donors (Lipinski definition) is 2. The zero-order valence-corrected chi connectivity index (χ0v) is 10.7. The van der Waals surface area contributed by atoms with E-state index in [0.717, 1.165) is 5.69 Å². The molecule has 1 aromatic carbocycles. The topological polar surface area (TPSA) is 90.0 Å². The number of aryl methyl sites for hydroxylation is 2. The summed E-state index contributed by atoms with van der Waals surface area (Å²) in [5.74, 6) is -0.288. The Morgan fingerprint density at radius 3 is 2.53 bits per heavy atom. The molecule has 0 aliphatic heterocycles. The minimum absolute atomic E-state index is 0.300.